The Hall–Kier alpha value is -2.87. The minimum absolute atomic E-state index is 0.395. The van der Waals surface area contributed by atoms with Gasteiger partial charge < -0.3 is 19.8 Å². The second-order valence-corrected chi connectivity index (χ2v) is 7.71. The Morgan fingerprint density at radius 2 is 2.03 bits per heavy atom. The number of anilines is 1. The second-order valence-electron chi connectivity index (χ2n) is 7.71. The third-order valence-electron chi connectivity index (χ3n) is 5.54. The molecule has 0 aliphatic carbocycles. The summed E-state index contributed by atoms with van der Waals surface area (Å²) in [5.74, 6) is 2.47. The van der Waals surface area contributed by atoms with E-state index in [-0.39, 0.29) is 0 Å². The highest BCUT2D eigenvalue weighted by Crippen LogP contribution is 2.29. The summed E-state index contributed by atoms with van der Waals surface area (Å²) in [6.07, 6.45) is 7.51. The van der Waals surface area contributed by atoms with E-state index in [2.05, 4.69) is 49.2 Å². The average Bonchev–Trinajstić information content (AvgIpc) is 3.26. The topological polar surface area (TPSA) is 88.2 Å². The number of unbranched alkanes of at least 4 members (excludes halogenated alkanes) is 1. The maximum Gasteiger partial charge on any atom is 0.182 e. The van der Waals surface area contributed by atoms with Crippen molar-refractivity contribution in [2.75, 3.05) is 32.1 Å². The van der Waals surface area contributed by atoms with Gasteiger partial charge in [-0.25, -0.2) is 15.0 Å². The predicted octanol–water partition coefficient (Wildman–Crippen LogP) is 3.62. The minimum Gasteiger partial charge on any atom is -0.493 e. The first-order chi connectivity index (χ1) is 14.8. The van der Waals surface area contributed by atoms with Crippen LogP contribution in [0.15, 0.2) is 30.9 Å². The number of rotatable bonds is 9. The van der Waals surface area contributed by atoms with Crippen LogP contribution in [0, 0.1) is 0 Å². The van der Waals surface area contributed by atoms with Crippen LogP contribution in [-0.4, -0.2) is 57.7 Å². The lowest BCUT2D eigenvalue weighted by molar-refractivity contribution is 0.210. The lowest BCUT2D eigenvalue weighted by Gasteiger charge is -2.32. The molecular formula is C22H30N6O2. The molecule has 2 aromatic heterocycles. The fourth-order valence-electron chi connectivity index (χ4n) is 3.82. The SMILES string of the molecule is CCCCOc1cc(CN2CCC(Nc3ncnc4nc[nH]c34)CC2)ccc1OC. The normalized spacial score (nSPS) is 15.4. The molecule has 1 saturated heterocycles. The summed E-state index contributed by atoms with van der Waals surface area (Å²) in [5.41, 5.74) is 2.82. The van der Waals surface area contributed by atoms with Crippen LogP contribution in [0.4, 0.5) is 5.82 Å². The number of benzene rings is 1. The number of likely N-dealkylation sites (tertiary alicyclic amines) is 1. The van der Waals surface area contributed by atoms with E-state index in [4.69, 9.17) is 9.47 Å². The maximum atomic E-state index is 5.94. The van der Waals surface area contributed by atoms with Crippen molar-refractivity contribution in [3.63, 3.8) is 0 Å². The molecule has 2 N–H and O–H groups in total. The van der Waals surface area contributed by atoms with Crippen LogP contribution in [0.1, 0.15) is 38.2 Å². The van der Waals surface area contributed by atoms with Gasteiger partial charge in [-0.15, -0.1) is 0 Å². The number of ether oxygens (including phenoxy) is 2. The number of methoxy groups -OCH3 is 1. The van der Waals surface area contributed by atoms with Crippen LogP contribution in [0.25, 0.3) is 11.2 Å². The van der Waals surface area contributed by atoms with Gasteiger partial charge in [-0.1, -0.05) is 19.4 Å². The summed E-state index contributed by atoms with van der Waals surface area (Å²) in [6, 6.07) is 6.65. The van der Waals surface area contributed by atoms with Gasteiger partial charge in [0.05, 0.1) is 20.0 Å². The van der Waals surface area contributed by atoms with Crippen molar-refractivity contribution in [1.29, 1.82) is 0 Å². The van der Waals surface area contributed by atoms with Crippen LogP contribution in [-0.2, 0) is 6.54 Å². The maximum absolute atomic E-state index is 5.94. The summed E-state index contributed by atoms with van der Waals surface area (Å²) in [5, 5.41) is 3.56. The van der Waals surface area contributed by atoms with Gasteiger partial charge in [0.25, 0.3) is 0 Å². The fraction of sp³-hybridized carbons (Fsp3) is 0.500. The summed E-state index contributed by atoms with van der Waals surface area (Å²) in [6.45, 7) is 5.87. The molecule has 0 spiro atoms. The standard InChI is InChI=1S/C22H30N6O2/c1-3-4-11-30-19-12-16(5-6-18(19)29-2)13-28-9-7-17(8-10-28)27-22-20-21(24-14-23-20)25-15-26-22/h5-6,12,14-15,17H,3-4,7-11,13H2,1-2H3,(H2,23,24,25,26,27). The Morgan fingerprint density at radius 1 is 1.17 bits per heavy atom. The molecule has 1 aromatic carbocycles. The molecule has 1 aliphatic heterocycles. The number of H-pyrrole nitrogens is 1. The predicted molar refractivity (Wildman–Crippen MR) is 117 cm³/mol. The largest absolute Gasteiger partial charge is 0.493 e. The van der Waals surface area contributed by atoms with Crippen LogP contribution in [0.5, 0.6) is 11.5 Å². The smallest absolute Gasteiger partial charge is 0.182 e. The molecule has 0 saturated carbocycles. The highest BCUT2D eigenvalue weighted by atomic mass is 16.5. The first kappa shape index (κ1) is 20.4. The molecule has 4 rings (SSSR count). The van der Waals surface area contributed by atoms with E-state index < -0.39 is 0 Å². The monoisotopic (exact) mass is 410 g/mol. The summed E-state index contributed by atoms with van der Waals surface area (Å²) >= 11 is 0. The van der Waals surface area contributed by atoms with E-state index in [1.54, 1.807) is 19.8 Å². The number of aromatic amines is 1. The lowest BCUT2D eigenvalue weighted by atomic mass is 10.0. The molecule has 0 amide bonds. The Bertz CT molecular complexity index is 952. The second kappa shape index (κ2) is 9.75. The van der Waals surface area contributed by atoms with Crippen molar-refractivity contribution in [2.24, 2.45) is 0 Å². The molecule has 8 heteroatoms. The Balaban J connectivity index is 1.32. The molecule has 1 aliphatic rings. The molecule has 30 heavy (non-hydrogen) atoms. The summed E-state index contributed by atoms with van der Waals surface area (Å²) < 4.78 is 11.4. The van der Waals surface area contributed by atoms with Gasteiger partial charge in [0.1, 0.15) is 11.8 Å². The van der Waals surface area contributed by atoms with E-state index >= 15 is 0 Å². The van der Waals surface area contributed by atoms with Crippen LogP contribution in [0.2, 0.25) is 0 Å². The highest BCUT2D eigenvalue weighted by molar-refractivity contribution is 5.82. The molecule has 0 unspecified atom stereocenters. The van der Waals surface area contributed by atoms with Crippen molar-refractivity contribution in [3.05, 3.63) is 36.4 Å². The average molecular weight is 411 g/mol. The molecule has 1 fully saturated rings. The third-order valence-corrected chi connectivity index (χ3v) is 5.54. The molecule has 0 bridgehead atoms. The van der Waals surface area contributed by atoms with Gasteiger partial charge >= 0.3 is 0 Å². The summed E-state index contributed by atoms with van der Waals surface area (Å²) in [7, 11) is 1.69. The number of hydrogen-bond acceptors (Lipinski definition) is 7. The molecule has 3 aromatic rings. The van der Waals surface area contributed by atoms with Crippen molar-refractivity contribution < 1.29 is 9.47 Å². The lowest BCUT2D eigenvalue weighted by Crippen LogP contribution is -2.38. The number of hydrogen-bond donors (Lipinski definition) is 2. The first-order valence-electron chi connectivity index (χ1n) is 10.7. The molecular weight excluding hydrogens is 380 g/mol. The van der Waals surface area contributed by atoms with E-state index in [1.165, 1.54) is 5.56 Å². The van der Waals surface area contributed by atoms with Gasteiger partial charge in [-0.05, 0) is 37.0 Å². The van der Waals surface area contributed by atoms with Crippen molar-refractivity contribution in [1.82, 2.24) is 24.8 Å². The van der Waals surface area contributed by atoms with Crippen molar-refractivity contribution in [2.45, 2.75) is 45.2 Å². The molecule has 8 nitrogen and oxygen atoms in total. The first-order valence-corrected chi connectivity index (χ1v) is 10.7. The number of imidazole rings is 1. The number of nitrogens with one attached hydrogen (secondary N) is 2. The van der Waals surface area contributed by atoms with Gasteiger partial charge in [-0.3, -0.25) is 4.90 Å². The zero-order valence-electron chi connectivity index (χ0n) is 17.7. The van der Waals surface area contributed by atoms with E-state index in [0.717, 1.165) is 74.8 Å². The quantitative estimate of drug-likeness (QED) is 0.521. The van der Waals surface area contributed by atoms with Crippen molar-refractivity contribution in [3.8, 4) is 11.5 Å². The zero-order chi connectivity index (χ0) is 20.8. The van der Waals surface area contributed by atoms with E-state index in [0.29, 0.717) is 11.7 Å². The molecule has 3 heterocycles. The van der Waals surface area contributed by atoms with Gasteiger partial charge in [0.15, 0.2) is 23.0 Å². The van der Waals surface area contributed by atoms with E-state index in [1.807, 2.05) is 6.07 Å². The molecule has 0 radical (unpaired) electrons. The summed E-state index contributed by atoms with van der Waals surface area (Å²) in [4.78, 5) is 18.4. The highest BCUT2D eigenvalue weighted by Gasteiger charge is 2.21. The Kier molecular flexibility index (Phi) is 6.63. The Morgan fingerprint density at radius 3 is 2.83 bits per heavy atom. The van der Waals surface area contributed by atoms with Crippen LogP contribution < -0.4 is 14.8 Å². The van der Waals surface area contributed by atoms with E-state index in [9.17, 15) is 0 Å². The van der Waals surface area contributed by atoms with Crippen LogP contribution in [0.3, 0.4) is 0 Å². The number of piperidine rings is 1. The molecule has 160 valence electrons. The van der Waals surface area contributed by atoms with Gasteiger partial charge in [-0.2, -0.15) is 0 Å². The van der Waals surface area contributed by atoms with Crippen molar-refractivity contribution >= 4 is 17.0 Å². The zero-order valence-corrected chi connectivity index (χ0v) is 17.7. The number of nitrogens with zero attached hydrogens (tertiary/aromatic N) is 4. The van der Waals surface area contributed by atoms with Crippen LogP contribution >= 0.6 is 0 Å². The van der Waals surface area contributed by atoms with Gasteiger partial charge in [0.2, 0.25) is 0 Å². The number of fused-ring (bicyclic) bond motifs is 1. The third kappa shape index (κ3) is 4.81. The molecule has 0 atom stereocenters. The fourth-order valence-corrected chi connectivity index (χ4v) is 3.82. The van der Waals surface area contributed by atoms with Gasteiger partial charge in [0, 0.05) is 25.7 Å². The number of aromatic nitrogens is 4. The Labute approximate surface area is 177 Å². The minimum atomic E-state index is 0.395.